The molecule has 0 radical (unpaired) electrons. The van der Waals surface area contributed by atoms with E-state index in [4.69, 9.17) is 16.3 Å². The number of aryl methyl sites for hydroxylation is 1. The molecule has 1 amide bonds. The third-order valence-corrected chi connectivity index (χ3v) is 4.66. The summed E-state index contributed by atoms with van der Waals surface area (Å²) in [5.74, 6) is 0.181. The molecule has 0 unspecified atom stereocenters. The predicted molar refractivity (Wildman–Crippen MR) is 95.0 cm³/mol. The summed E-state index contributed by atoms with van der Waals surface area (Å²) in [6.07, 6.45) is 0.968. The van der Waals surface area contributed by atoms with Crippen LogP contribution >= 0.6 is 22.9 Å². The van der Waals surface area contributed by atoms with E-state index in [-0.39, 0.29) is 5.91 Å². The summed E-state index contributed by atoms with van der Waals surface area (Å²) >= 11 is 7.42. The van der Waals surface area contributed by atoms with Gasteiger partial charge >= 0.3 is 0 Å². The van der Waals surface area contributed by atoms with E-state index < -0.39 is 0 Å². The molecule has 0 spiro atoms. The maximum Gasteiger partial charge on any atom is 0.261 e. The van der Waals surface area contributed by atoms with Gasteiger partial charge in [0.1, 0.15) is 5.75 Å². The number of ether oxygens (including phenoxy) is 1. The van der Waals surface area contributed by atoms with Gasteiger partial charge in [-0.15, -0.1) is 0 Å². The van der Waals surface area contributed by atoms with Crippen LogP contribution in [0.2, 0.25) is 5.02 Å². The molecule has 0 aliphatic heterocycles. The normalized spacial score (nSPS) is 10.7. The molecule has 0 saturated carbocycles. The molecule has 23 heavy (non-hydrogen) atoms. The number of hydrogen-bond acceptors (Lipinski definition) is 4. The Morgan fingerprint density at radius 1 is 1.30 bits per heavy atom. The average Bonchev–Trinajstić information content (AvgIpc) is 2.95. The van der Waals surface area contributed by atoms with Crippen LogP contribution in [0, 0.1) is 0 Å². The molecule has 0 atom stereocenters. The van der Waals surface area contributed by atoms with Crippen LogP contribution in [-0.2, 0) is 6.42 Å². The van der Waals surface area contributed by atoms with E-state index in [1.807, 2.05) is 12.1 Å². The van der Waals surface area contributed by atoms with Crippen molar-refractivity contribution in [3.05, 3.63) is 52.5 Å². The van der Waals surface area contributed by atoms with Crippen molar-refractivity contribution in [2.45, 2.75) is 13.3 Å². The standard InChI is InChI=1S/C17H15ClN2O2S/c1-3-10-4-6-13-15(8-10)23-17(19-13)20-16(21)12-9-11(18)5-7-14(12)22-2/h4-9H,3H2,1-2H3,(H,19,20,21). The summed E-state index contributed by atoms with van der Waals surface area (Å²) in [4.78, 5) is 16.9. The lowest BCUT2D eigenvalue weighted by Gasteiger charge is -2.08. The second-order valence-corrected chi connectivity index (χ2v) is 6.44. The minimum atomic E-state index is -0.292. The molecule has 0 aliphatic rings. The number of amides is 1. The number of carbonyl (C=O) groups is 1. The maximum atomic E-state index is 12.5. The molecular weight excluding hydrogens is 332 g/mol. The van der Waals surface area contributed by atoms with Gasteiger partial charge in [-0.2, -0.15) is 0 Å². The molecular formula is C17H15ClN2O2S. The number of nitrogens with zero attached hydrogens (tertiary/aromatic N) is 1. The second kappa shape index (κ2) is 6.56. The quantitative estimate of drug-likeness (QED) is 0.740. The summed E-state index contributed by atoms with van der Waals surface area (Å²) in [6.45, 7) is 2.11. The highest BCUT2D eigenvalue weighted by molar-refractivity contribution is 7.22. The van der Waals surface area contributed by atoms with Crippen LogP contribution in [0.15, 0.2) is 36.4 Å². The van der Waals surface area contributed by atoms with Gasteiger partial charge < -0.3 is 4.74 Å². The van der Waals surface area contributed by atoms with Crippen LogP contribution in [0.5, 0.6) is 5.75 Å². The number of fused-ring (bicyclic) bond motifs is 1. The Labute approximate surface area is 143 Å². The number of benzene rings is 2. The summed E-state index contributed by atoms with van der Waals surface area (Å²) in [5, 5.41) is 3.85. The van der Waals surface area contributed by atoms with Gasteiger partial charge in [0.2, 0.25) is 0 Å². The fourth-order valence-electron chi connectivity index (χ4n) is 2.26. The third-order valence-electron chi connectivity index (χ3n) is 3.49. The first kappa shape index (κ1) is 15.8. The molecule has 0 fully saturated rings. The lowest BCUT2D eigenvalue weighted by molar-refractivity contribution is 0.102. The molecule has 0 bridgehead atoms. The molecule has 2 aromatic carbocycles. The number of anilines is 1. The molecule has 0 saturated heterocycles. The van der Waals surface area contributed by atoms with Crippen LogP contribution < -0.4 is 10.1 Å². The summed E-state index contributed by atoms with van der Waals surface area (Å²) in [5.41, 5.74) is 2.50. The molecule has 1 aromatic heterocycles. The van der Waals surface area contributed by atoms with Crippen molar-refractivity contribution in [1.29, 1.82) is 0 Å². The van der Waals surface area contributed by atoms with Crippen molar-refractivity contribution in [1.82, 2.24) is 4.98 Å². The van der Waals surface area contributed by atoms with Crippen molar-refractivity contribution in [3.63, 3.8) is 0 Å². The Kier molecular flexibility index (Phi) is 4.50. The third kappa shape index (κ3) is 3.30. The molecule has 3 rings (SSSR count). The molecule has 3 aromatic rings. The van der Waals surface area contributed by atoms with Crippen LogP contribution in [-0.4, -0.2) is 18.0 Å². The zero-order valence-electron chi connectivity index (χ0n) is 12.7. The van der Waals surface area contributed by atoms with Gasteiger partial charge in [0.25, 0.3) is 5.91 Å². The lowest BCUT2D eigenvalue weighted by atomic mass is 10.2. The van der Waals surface area contributed by atoms with Crippen LogP contribution in [0.4, 0.5) is 5.13 Å². The van der Waals surface area contributed by atoms with E-state index in [2.05, 4.69) is 23.3 Å². The molecule has 6 heteroatoms. The highest BCUT2D eigenvalue weighted by atomic mass is 35.5. The van der Waals surface area contributed by atoms with E-state index in [1.165, 1.54) is 24.0 Å². The minimum absolute atomic E-state index is 0.292. The van der Waals surface area contributed by atoms with Gasteiger partial charge in [0.15, 0.2) is 5.13 Å². The number of rotatable bonds is 4. The Balaban J connectivity index is 1.89. The number of carbonyl (C=O) groups excluding carboxylic acids is 1. The highest BCUT2D eigenvalue weighted by Gasteiger charge is 2.15. The van der Waals surface area contributed by atoms with Gasteiger partial charge in [0.05, 0.1) is 22.9 Å². The van der Waals surface area contributed by atoms with Crippen molar-refractivity contribution >= 4 is 44.2 Å². The number of nitrogens with one attached hydrogen (secondary N) is 1. The first-order valence-corrected chi connectivity index (χ1v) is 8.34. The Morgan fingerprint density at radius 2 is 2.13 bits per heavy atom. The van der Waals surface area contributed by atoms with Gasteiger partial charge in [-0.3, -0.25) is 10.1 Å². The number of methoxy groups -OCH3 is 1. The van der Waals surface area contributed by atoms with Gasteiger partial charge in [0, 0.05) is 5.02 Å². The number of halogens is 1. The average molecular weight is 347 g/mol. The molecule has 118 valence electrons. The second-order valence-electron chi connectivity index (χ2n) is 4.97. The molecule has 1 heterocycles. The zero-order chi connectivity index (χ0) is 16.4. The monoisotopic (exact) mass is 346 g/mol. The van der Waals surface area contributed by atoms with E-state index in [0.717, 1.165) is 16.6 Å². The van der Waals surface area contributed by atoms with E-state index in [1.54, 1.807) is 18.2 Å². The van der Waals surface area contributed by atoms with Gasteiger partial charge in [-0.25, -0.2) is 4.98 Å². The summed E-state index contributed by atoms with van der Waals surface area (Å²) in [6, 6.07) is 11.1. The lowest BCUT2D eigenvalue weighted by Crippen LogP contribution is -2.13. The van der Waals surface area contributed by atoms with Gasteiger partial charge in [-0.05, 0) is 42.3 Å². The largest absolute Gasteiger partial charge is 0.496 e. The number of hydrogen-bond donors (Lipinski definition) is 1. The fourth-order valence-corrected chi connectivity index (χ4v) is 3.36. The predicted octanol–water partition coefficient (Wildman–Crippen LogP) is 4.77. The Hall–Kier alpha value is -2.11. The minimum Gasteiger partial charge on any atom is -0.496 e. The maximum absolute atomic E-state index is 12.5. The van der Waals surface area contributed by atoms with E-state index in [0.29, 0.717) is 21.5 Å². The number of aromatic nitrogens is 1. The van der Waals surface area contributed by atoms with Crippen molar-refractivity contribution in [2.75, 3.05) is 12.4 Å². The topological polar surface area (TPSA) is 51.2 Å². The molecule has 0 aliphatic carbocycles. The highest BCUT2D eigenvalue weighted by Crippen LogP contribution is 2.29. The smallest absolute Gasteiger partial charge is 0.261 e. The first-order chi connectivity index (χ1) is 11.1. The van der Waals surface area contributed by atoms with E-state index >= 15 is 0 Å². The first-order valence-electron chi connectivity index (χ1n) is 7.15. The Morgan fingerprint density at radius 3 is 2.87 bits per heavy atom. The van der Waals surface area contributed by atoms with Crippen LogP contribution in [0.1, 0.15) is 22.8 Å². The summed E-state index contributed by atoms with van der Waals surface area (Å²) in [7, 11) is 1.52. The van der Waals surface area contributed by atoms with Gasteiger partial charge in [-0.1, -0.05) is 35.9 Å². The summed E-state index contributed by atoms with van der Waals surface area (Å²) < 4.78 is 6.27. The van der Waals surface area contributed by atoms with Crippen molar-refractivity contribution in [2.24, 2.45) is 0 Å². The SMILES string of the molecule is CCc1ccc2nc(NC(=O)c3cc(Cl)ccc3OC)sc2c1. The van der Waals surface area contributed by atoms with Crippen LogP contribution in [0.3, 0.4) is 0 Å². The molecule has 1 N–H and O–H groups in total. The number of thiazole rings is 1. The van der Waals surface area contributed by atoms with E-state index in [9.17, 15) is 4.79 Å². The molecule has 4 nitrogen and oxygen atoms in total. The zero-order valence-corrected chi connectivity index (χ0v) is 14.3. The van der Waals surface area contributed by atoms with Crippen LogP contribution in [0.25, 0.3) is 10.2 Å². The Bertz CT molecular complexity index is 876. The fraction of sp³-hybridized carbons (Fsp3) is 0.176. The van der Waals surface area contributed by atoms with Crippen molar-refractivity contribution in [3.8, 4) is 5.75 Å². The van der Waals surface area contributed by atoms with Crippen molar-refractivity contribution < 1.29 is 9.53 Å².